The van der Waals surface area contributed by atoms with Gasteiger partial charge in [-0.3, -0.25) is 4.79 Å². The molecule has 0 unspecified atom stereocenters. The van der Waals surface area contributed by atoms with Crippen molar-refractivity contribution >= 4 is 17.7 Å². The molecule has 0 saturated carbocycles. The zero-order valence-corrected chi connectivity index (χ0v) is 18.8. The molecule has 1 aliphatic rings. The second-order valence-corrected chi connectivity index (χ2v) is 8.92. The zero-order valence-electron chi connectivity index (χ0n) is 18.8. The van der Waals surface area contributed by atoms with Gasteiger partial charge in [0.25, 0.3) is 0 Å². The molecule has 1 amide bonds. The van der Waals surface area contributed by atoms with E-state index in [-0.39, 0.29) is 23.6 Å². The Labute approximate surface area is 180 Å². The van der Waals surface area contributed by atoms with E-state index in [4.69, 9.17) is 0 Å². The highest BCUT2D eigenvalue weighted by Gasteiger charge is 2.34. The Bertz CT molecular complexity index is 911. The predicted octanol–water partition coefficient (Wildman–Crippen LogP) is 5.25. The van der Waals surface area contributed by atoms with E-state index in [0.717, 1.165) is 40.9 Å². The molecular formula is C26H33FN2O. The quantitative estimate of drug-likeness (QED) is 0.652. The van der Waals surface area contributed by atoms with Crippen LogP contribution in [0.4, 0.5) is 10.1 Å². The first kappa shape index (κ1) is 22.2. The van der Waals surface area contributed by atoms with Crippen molar-refractivity contribution in [3.05, 3.63) is 70.5 Å². The number of anilines is 1. The number of carbonyl (C=O) groups is 1. The van der Waals surface area contributed by atoms with Crippen LogP contribution >= 0.6 is 0 Å². The fourth-order valence-electron chi connectivity index (χ4n) is 4.52. The number of hydrogen-bond donors (Lipinski definition) is 0. The van der Waals surface area contributed by atoms with Gasteiger partial charge in [-0.25, -0.2) is 4.39 Å². The largest absolute Gasteiger partial charge is 0.311 e. The smallest absolute Gasteiger partial charge is 0.229 e. The summed E-state index contributed by atoms with van der Waals surface area (Å²) in [6.45, 7) is 7.66. The van der Waals surface area contributed by atoms with Gasteiger partial charge in [-0.15, -0.1) is 0 Å². The van der Waals surface area contributed by atoms with Gasteiger partial charge in [0.05, 0.1) is 0 Å². The summed E-state index contributed by atoms with van der Waals surface area (Å²) in [4.78, 5) is 17.1. The Kier molecular flexibility index (Phi) is 7.09. The summed E-state index contributed by atoms with van der Waals surface area (Å²) >= 11 is 0. The van der Waals surface area contributed by atoms with Crippen LogP contribution in [0.5, 0.6) is 0 Å². The predicted molar refractivity (Wildman–Crippen MR) is 123 cm³/mol. The molecule has 2 aromatic carbocycles. The molecule has 1 heterocycles. The summed E-state index contributed by atoms with van der Waals surface area (Å²) < 4.78 is 14.2. The highest BCUT2D eigenvalue weighted by Crippen LogP contribution is 2.34. The Balaban J connectivity index is 1.84. The molecule has 4 heteroatoms. The molecule has 0 aliphatic carbocycles. The minimum atomic E-state index is -0.158. The van der Waals surface area contributed by atoms with Crippen molar-refractivity contribution in [2.75, 3.05) is 32.1 Å². The van der Waals surface area contributed by atoms with E-state index < -0.39 is 0 Å². The summed E-state index contributed by atoms with van der Waals surface area (Å²) in [5.74, 6) is 0.193. The standard InChI is InChI=1S/C26H33FN2O/c1-18-13-21(9-8-12-28(4)5)14-19(2)25(18)29-17-22(15-20(3)26(29)30)16-23-10-6-7-11-24(23)27/h6-11,13-14,20,22H,12,15-17H2,1-5H3/b9-8+/t20-,22-/m1/s1. The van der Waals surface area contributed by atoms with E-state index in [0.29, 0.717) is 13.0 Å². The van der Waals surface area contributed by atoms with Crippen LogP contribution in [0, 0.1) is 31.5 Å². The molecule has 0 aromatic heterocycles. The van der Waals surface area contributed by atoms with Crippen LogP contribution in [0.3, 0.4) is 0 Å². The number of amides is 1. The lowest BCUT2D eigenvalue weighted by atomic mass is 9.84. The first-order valence-corrected chi connectivity index (χ1v) is 10.7. The lowest BCUT2D eigenvalue weighted by Gasteiger charge is -2.38. The molecule has 2 atom stereocenters. The van der Waals surface area contributed by atoms with Crippen molar-refractivity contribution < 1.29 is 9.18 Å². The van der Waals surface area contributed by atoms with E-state index >= 15 is 0 Å². The minimum Gasteiger partial charge on any atom is -0.311 e. The molecule has 30 heavy (non-hydrogen) atoms. The summed E-state index contributed by atoms with van der Waals surface area (Å²) in [5.41, 5.74) is 5.10. The molecule has 0 bridgehead atoms. The maximum atomic E-state index is 14.2. The number of benzene rings is 2. The zero-order chi connectivity index (χ0) is 21.8. The van der Waals surface area contributed by atoms with E-state index in [9.17, 15) is 9.18 Å². The molecule has 0 N–H and O–H groups in total. The maximum absolute atomic E-state index is 14.2. The van der Waals surface area contributed by atoms with Crippen molar-refractivity contribution in [2.45, 2.75) is 33.6 Å². The maximum Gasteiger partial charge on any atom is 0.229 e. The monoisotopic (exact) mass is 408 g/mol. The Morgan fingerprint density at radius 3 is 2.47 bits per heavy atom. The third-order valence-corrected chi connectivity index (χ3v) is 5.85. The highest BCUT2D eigenvalue weighted by molar-refractivity contribution is 5.97. The third kappa shape index (κ3) is 5.17. The molecule has 160 valence electrons. The van der Waals surface area contributed by atoms with Gasteiger partial charge in [0.15, 0.2) is 0 Å². The Morgan fingerprint density at radius 2 is 1.83 bits per heavy atom. The van der Waals surface area contributed by atoms with E-state index in [1.54, 1.807) is 6.07 Å². The van der Waals surface area contributed by atoms with Crippen LogP contribution in [0.25, 0.3) is 6.08 Å². The topological polar surface area (TPSA) is 23.6 Å². The van der Waals surface area contributed by atoms with Crippen molar-refractivity contribution in [1.82, 2.24) is 4.90 Å². The van der Waals surface area contributed by atoms with Crippen molar-refractivity contribution in [1.29, 1.82) is 0 Å². The molecule has 1 aliphatic heterocycles. The summed E-state index contributed by atoms with van der Waals surface area (Å²) in [7, 11) is 4.09. The van der Waals surface area contributed by atoms with E-state index in [2.05, 4.69) is 43.0 Å². The molecule has 0 radical (unpaired) electrons. The first-order chi connectivity index (χ1) is 14.3. The molecule has 3 nitrogen and oxygen atoms in total. The summed E-state index contributed by atoms with van der Waals surface area (Å²) in [6, 6.07) is 11.3. The van der Waals surface area contributed by atoms with Crippen LogP contribution in [0.2, 0.25) is 0 Å². The molecule has 2 aromatic rings. The molecule has 1 saturated heterocycles. The van der Waals surface area contributed by atoms with Gasteiger partial charge >= 0.3 is 0 Å². The average molecular weight is 409 g/mol. The number of nitrogens with zero attached hydrogens (tertiary/aromatic N) is 2. The van der Waals surface area contributed by atoms with E-state index in [1.807, 2.05) is 38.1 Å². The number of piperidine rings is 1. The fraction of sp³-hybridized carbons (Fsp3) is 0.423. The second kappa shape index (κ2) is 9.57. The van der Waals surface area contributed by atoms with Gasteiger partial charge in [-0.2, -0.15) is 0 Å². The lowest BCUT2D eigenvalue weighted by molar-refractivity contribution is -0.124. The minimum absolute atomic E-state index is 0.0611. The summed E-state index contributed by atoms with van der Waals surface area (Å²) in [6.07, 6.45) is 5.73. The molecule has 3 rings (SSSR count). The van der Waals surface area contributed by atoms with Crippen LogP contribution in [0.15, 0.2) is 42.5 Å². The van der Waals surface area contributed by atoms with Gasteiger partial charge in [0.2, 0.25) is 5.91 Å². The van der Waals surface area contributed by atoms with Crippen molar-refractivity contribution in [3.63, 3.8) is 0 Å². The number of rotatable bonds is 6. The SMILES string of the molecule is Cc1cc(/C=C/CN(C)C)cc(C)c1N1C[C@@H](Cc2ccccc2F)C[C@@H](C)C1=O. The number of aryl methyl sites for hydroxylation is 2. The van der Waals surface area contributed by atoms with Crippen molar-refractivity contribution in [3.8, 4) is 0 Å². The van der Waals surface area contributed by atoms with Crippen LogP contribution in [-0.2, 0) is 11.2 Å². The molecule has 0 spiro atoms. The third-order valence-electron chi connectivity index (χ3n) is 5.85. The Morgan fingerprint density at radius 1 is 1.17 bits per heavy atom. The number of carbonyl (C=O) groups excluding carboxylic acids is 1. The number of hydrogen-bond acceptors (Lipinski definition) is 2. The number of likely N-dealkylation sites (N-methyl/N-ethyl adjacent to an activating group) is 1. The fourth-order valence-corrected chi connectivity index (χ4v) is 4.52. The summed E-state index contributed by atoms with van der Waals surface area (Å²) in [5, 5.41) is 0. The molecule has 1 fully saturated rings. The average Bonchev–Trinajstić information content (AvgIpc) is 2.66. The van der Waals surface area contributed by atoms with Gasteiger partial charge in [0, 0.05) is 24.7 Å². The molecular weight excluding hydrogens is 375 g/mol. The lowest BCUT2D eigenvalue weighted by Crippen LogP contribution is -2.46. The van der Waals surface area contributed by atoms with Crippen LogP contribution < -0.4 is 4.90 Å². The second-order valence-electron chi connectivity index (χ2n) is 8.92. The van der Waals surface area contributed by atoms with Gasteiger partial charge in [0.1, 0.15) is 5.82 Å². The van der Waals surface area contributed by atoms with E-state index in [1.165, 1.54) is 6.07 Å². The van der Waals surface area contributed by atoms with Crippen LogP contribution in [-0.4, -0.2) is 38.0 Å². The highest BCUT2D eigenvalue weighted by atomic mass is 19.1. The van der Waals surface area contributed by atoms with Gasteiger partial charge in [-0.1, -0.05) is 37.3 Å². The van der Waals surface area contributed by atoms with Gasteiger partial charge < -0.3 is 9.80 Å². The normalized spacial score (nSPS) is 19.8. The Hall–Kier alpha value is -2.46. The van der Waals surface area contributed by atoms with Crippen molar-refractivity contribution in [2.24, 2.45) is 11.8 Å². The van der Waals surface area contributed by atoms with Crippen LogP contribution in [0.1, 0.15) is 35.6 Å². The first-order valence-electron chi connectivity index (χ1n) is 10.7. The number of halogens is 1. The van der Waals surface area contributed by atoms with Gasteiger partial charge in [-0.05, 0) is 87.2 Å².